The van der Waals surface area contributed by atoms with Crippen LogP contribution in [0.4, 0.5) is 0 Å². The Morgan fingerprint density at radius 1 is 1.39 bits per heavy atom. The van der Waals surface area contributed by atoms with Crippen LogP contribution in [0.25, 0.3) is 0 Å². The van der Waals surface area contributed by atoms with Crippen LogP contribution in [-0.4, -0.2) is 66.5 Å². The Balaban J connectivity index is 0.000000283. The Labute approximate surface area is 166 Å². The molecule has 0 aromatic carbocycles. The van der Waals surface area contributed by atoms with E-state index in [1.54, 1.807) is 20.1 Å². The van der Waals surface area contributed by atoms with E-state index in [4.69, 9.17) is 19.7 Å². The van der Waals surface area contributed by atoms with E-state index in [0.29, 0.717) is 30.2 Å². The maximum atomic E-state index is 12.6. The first-order valence-electron chi connectivity index (χ1n) is 10.3. The molecule has 1 spiro atoms. The van der Waals surface area contributed by atoms with Gasteiger partial charge in [-0.15, -0.1) is 0 Å². The number of hydrogen-bond donors (Lipinski definition) is 2. The summed E-state index contributed by atoms with van der Waals surface area (Å²) in [7, 11) is 3.91. The molecule has 2 heterocycles. The third kappa shape index (κ3) is 2.77. The van der Waals surface area contributed by atoms with Gasteiger partial charge in [-0.2, -0.15) is 0 Å². The van der Waals surface area contributed by atoms with Crippen molar-refractivity contribution >= 4 is 5.78 Å². The quantitative estimate of drug-likeness (QED) is 0.764. The van der Waals surface area contributed by atoms with E-state index in [9.17, 15) is 4.79 Å². The molecule has 28 heavy (non-hydrogen) atoms. The average Bonchev–Trinajstić information content (AvgIpc) is 3.02. The zero-order valence-electron chi connectivity index (χ0n) is 16.9. The molecule has 5 aliphatic rings. The van der Waals surface area contributed by atoms with E-state index in [-0.39, 0.29) is 30.0 Å². The lowest BCUT2D eigenvalue weighted by Crippen LogP contribution is -2.64. The Hall–Kier alpha value is -1.63. The van der Waals surface area contributed by atoms with E-state index >= 15 is 0 Å². The van der Waals surface area contributed by atoms with Gasteiger partial charge in [0.25, 0.3) is 0 Å². The lowest BCUT2D eigenvalue weighted by molar-refractivity contribution is -0.140. The highest BCUT2D eigenvalue weighted by Crippen LogP contribution is 2.66. The van der Waals surface area contributed by atoms with Crippen LogP contribution in [0.2, 0.25) is 0 Å². The summed E-state index contributed by atoms with van der Waals surface area (Å²) in [5.41, 5.74) is -0.0597. The van der Waals surface area contributed by atoms with Crippen molar-refractivity contribution in [2.45, 2.75) is 44.4 Å². The minimum absolute atomic E-state index is 0.0597. The number of allylic oxidation sites excluding steroid dienone is 3. The van der Waals surface area contributed by atoms with Crippen molar-refractivity contribution in [3.63, 3.8) is 0 Å². The second-order valence-corrected chi connectivity index (χ2v) is 8.73. The Morgan fingerprint density at radius 2 is 2.18 bits per heavy atom. The fourth-order valence-electron chi connectivity index (χ4n) is 6.02. The molecule has 0 aromatic heterocycles. The van der Waals surface area contributed by atoms with Gasteiger partial charge < -0.3 is 24.6 Å². The lowest BCUT2D eigenvalue weighted by atomic mass is 9.48. The molecule has 5 rings (SSSR count). The number of ketones is 1. The molecule has 2 bridgehead atoms. The van der Waals surface area contributed by atoms with Gasteiger partial charge in [-0.05, 0) is 57.8 Å². The summed E-state index contributed by atoms with van der Waals surface area (Å²) in [4.78, 5) is 15.0. The smallest absolute Gasteiger partial charge is 0.196 e. The van der Waals surface area contributed by atoms with Crippen LogP contribution in [0.3, 0.4) is 0 Å². The topological polar surface area (TPSA) is 79.2 Å². The molecule has 3 aliphatic carbocycles. The summed E-state index contributed by atoms with van der Waals surface area (Å²) in [6.07, 6.45) is 10.2. The highest BCUT2D eigenvalue weighted by Gasteiger charge is 2.69. The number of rotatable bonds is 3. The molecule has 6 heteroatoms. The molecule has 0 aromatic rings. The van der Waals surface area contributed by atoms with Crippen LogP contribution in [-0.2, 0) is 14.3 Å². The van der Waals surface area contributed by atoms with Crippen molar-refractivity contribution < 1.29 is 24.5 Å². The lowest BCUT2D eigenvalue weighted by Gasteiger charge is -2.59. The zero-order chi connectivity index (χ0) is 20.1. The van der Waals surface area contributed by atoms with Gasteiger partial charge in [0.05, 0.1) is 13.2 Å². The minimum Gasteiger partial charge on any atom is -0.493 e. The highest BCUT2D eigenvalue weighted by atomic mass is 16.5. The summed E-state index contributed by atoms with van der Waals surface area (Å²) < 4.78 is 11.8. The van der Waals surface area contributed by atoms with Crippen LogP contribution in [0.15, 0.2) is 35.8 Å². The molecule has 7 atom stereocenters. The Kier molecular flexibility index (Phi) is 5.14. The molecular weight excluding hydrogens is 358 g/mol. The summed E-state index contributed by atoms with van der Waals surface area (Å²) >= 11 is 0. The van der Waals surface area contributed by atoms with Crippen LogP contribution < -0.4 is 0 Å². The summed E-state index contributed by atoms with van der Waals surface area (Å²) in [6, 6.07) is 0.513. The number of nitrogens with zero attached hydrogens (tertiary/aromatic N) is 1. The van der Waals surface area contributed by atoms with Gasteiger partial charge in [-0.25, -0.2) is 0 Å². The average molecular weight is 389 g/mol. The maximum Gasteiger partial charge on any atom is 0.196 e. The summed E-state index contributed by atoms with van der Waals surface area (Å²) in [5, 5.41) is 16.5. The molecule has 3 unspecified atom stereocenters. The second kappa shape index (κ2) is 7.32. The Bertz CT molecular complexity index is 726. The van der Waals surface area contributed by atoms with Gasteiger partial charge >= 0.3 is 0 Å². The number of likely N-dealkylation sites (tertiary alicyclic amines) is 1. The predicted molar refractivity (Wildman–Crippen MR) is 104 cm³/mol. The monoisotopic (exact) mass is 389 g/mol. The second-order valence-electron chi connectivity index (χ2n) is 8.73. The number of aliphatic hydroxyl groups excluding tert-OH is 2. The number of ether oxygens (including phenoxy) is 2. The van der Waals surface area contributed by atoms with Crippen LogP contribution in [0.1, 0.15) is 26.2 Å². The fraction of sp³-hybridized carbons (Fsp3) is 0.682. The fourth-order valence-corrected chi connectivity index (χ4v) is 6.02. The van der Waals surface area contributed by atoms with Crippen molar-refractivity contribution in [3.05, 3.63) is 35.8 Å². The largest absolute Gasteiger partial charge is 0.493 e. The molecular formula is C22H31NO5. The first kappa shape index (κ1) is 19.7. The third-order valence-electron chi connectivity index (χ3n) is 7.27. The number of methoxy groups -OCH3 is 1. The zero-order valence-corrected chi connectivity index (χ0v) is 16.9. The van der Waals surface area contributed by atoms with Crippen molar-refractivity contribution in [2.24, 2.45) is 23.2 Å². The first-order valence-corrected chi connectivity index (χ1v) is 10.3. The Morgan fingerprint density at radius 3 is 2.82 bits per heavy atom. The van der Waals surface area contributed by atoms with E-state index in [1.807, 2.05) is 6.08 Å². The summed E-state index contributed by atoms with van der Waals surface area (Å²) in [5.74, 6) is 3.07. The molecule has 2 saturated heterocycles. The molecule has 0 radical (unpaired) electrons. The van der Waals surface area contributed by atoms with E-state index in [2.05, 4.69) is 24.1 Å². The van der Waals surface area contributed by atoms with Crippen LogP contribution in [0, 0.1) is 23.2 Å². The number of aliphatic hydroxyl groups is 2. The predicted octanol–water partition coefficient (Wildman–Crippen LogP) is 1.64. The molecule has 2 aliphatic heterocycles. The molecule has 6 nitrogen and oxygen atoms in total. The van der Waals surface area contributed by atoms with E-state index in [1.165, 1.54) is 0 Å². The standard InChI is InChI=1S/C18H21NO3.C4H10O2/c1-19-8-7-18-11-4-5-13(20)17(18)22-16-14(21-2)6-3-10(15(16)18)9-12(11)19;1-4(6)2-3-5/h3-6,10-12,15,17H,7-9H2,1-2H3;4-6H,2-3H2,1H3/t10?,11-,12+,15?,17-,18-;/m0./s1. The van der Waals surface area contributed by atoms with Gasteiger partial charge in [-0.1, -0.05) is 12.2 Å². The maximum absolute atomic E-state index is 12.6. The van der Waals surface area contributed by atoms with E-state index < -0.39 is 0 Å². The van der Waals surface area contributed by atoms with Gasteiger partial charge in [0.15, 0.2) is 17.6 Å². The molecule has 2 N–H and O–H groups in total. The van der Waals surface area contributed by atoms with Crippen molar-refractivity contribution in [2.75, 3.05) is 27.3 Å². The highest BCUT2D eigenvalue weighted by molar-refractivity contribution is 5.96. The van der Waals surface area contributed by atoms with Crippen molar-refractivity contribution in [1.82, 2.24) is 4.90 Å². The summed E-state index contributed by atoms with van der Waals surface area (Å²) in [6.45, 7) is 2.78. The number of piperidine rings is 1. The number of carbonyl (C=O) groups is 1. The number of hydrogen-bond acceptors (Lipinski definition) is 6. The van der Waals surface area contributed by atoms with Crippen molar-refractivity contribution in [1.29, 1.82) is 0 Å². The SMILES string of the molecule is CC(O)CCO.COC1=C2O[C@H]3C(=O)C=C[C@H]4[C@H]5CC(C=C1)C2[C@@]34CCN5C. The van der Waals surface area contributed by atoms with Crippen LogP contribution in [0.5, 0.6) is 0 Å². The first-order chi connectivity index (χ1) is 13.4. The molecule has 3 fully saturated rings. The van der Waals surface area contributed by atoms with Crippen molar-refractivity contribution in [3.8, 4) is 0 Å². The third-order valence-corrected chi connectivity index (χ3v) is 7.27. The van der Waals surface area contributed by atoms with Gasteiger partial charge in [0, 0.05) is 29.9 Å². The van der Waals surface area contributed by atoms with Gasteiger partial charge in [0.1, 0.15) is 5.76 Å². The molecule has 0 amide bonds. The minimum atomic E-state index is -0.352. The van der Waals surface area contributed by atoms with Gasteiger partial charge in [0.2, 0.25) is 0 Å². The van der Waals surface area contributed by atoms with Crippen LogP contribution >= 0.6 is 0 Å². The van der Waals surface area contributed by atoms with Gasteiger partial charge in [-0.3, -0.25) is 4.79 Å². The molecule has 154 valence electrons. The molecule has 1 saturated carbocycles. The normalized spacial score (nSPS) is 41.0. The number of carbonyl (C=O) groups excluding carboxylic acids is 1. The van der Waals surface area contributed by atoms with E-state index in [0.717, 1.165) is 30.9 Å².